The van der Waals surface area contributed by atoms with Crippen LogP contribution in [-0.2, 0) is 9.59 Å². The second-order valence-corrected chi connectivity index (χ2v) is 6.47. The van der Waals surface area contributed by atoms with Gasteiger partial charge in [-0.2, -0.15) is 0 Å². The topological polar surface area (TPSA) is 57.6 Å². The van der Waals surface area contributed by atoms with E-state index in [9.17, 15) is 14.7 Å². The van der Waals surface area contributed by atoms with Gasteiger partial charge in [-0.05, 0) is 43.2 Å². The smallest absolute Gasteiger partial charge is 0.238 e. The number of phenolic OH excluding ortho intramolecular Hbond substituents is 1. The van der Waals surface area contributed by atoms with Crippen molar-refractivity contribution in [3.05, 3.63) is 23.2 Å². The Morgan fingerprint density at radius 2 is 1.70 bits per heavy atom. The number of hydrogen-bond acceptors (Lipinski definition) is 3. The van der Waals surface area contributed by atoms with Gasteiger partial charge in [0.2, 0.25) is 11.8 Å². The predicted octanol–water partition coefficient (Wildman–Crippen LogP) is 2.58. The van der Waals surface area contributed by atoms with Crippen LogP contribution in [0.4, 0.5) is 5.69 Å². The van der Waals surface area contributed by atoms with Gasteiger partial charge in [0.15, 0.2) is 0 Å². The standard InChI is InChI=1S/C15H14ClNO3/c16-9-3-4-10(11(18)6-9)17-14(19)12-7-1-2-8(5-7)13(12)15(17)20/h3-4,6-8,12-13,18H,1-2,5H2/t7-,8-,12+,13+/m0/s1. The zero-order valence-electron chi connectivity index (χ0n) is 10.8. The van der Waals surface area contributed by atoms with Gasteiger partial charge in [-0.3, -0.25) is 9.59 Å². The van der Waals surface area contributed by atoms with Crippen molar-refractivity contribution in [3.63, 3.8) is 0 Å². The van der Waals surface area contributed by atoms with E-state index >= 15 is 0 Å². The Morgan fingerprint density at radius 3 is 2.25 bits per heavy atom. The van der Waals surface area contributed by atoms with Crippen molar-refractivity contribution in [2.75, 3.05) is 4.90 Å². The highest BCUT2D eigenvalue weighted by Crippen LogP contribution is 2.57. The van der Waals surface area contributed by atoms with E-state index in [4.69, 9.17) is 11.6 Å². The third-order valence-electron chi connectivity index (χ3n) is 5.11. The van der Waals surface area contributed by atoms with E-state index in [2.05, 4.69) is 0 Å². The van der Waals surface area contributed by atoms with E-state index in [0.29, 0.717) is 16.9 Å². The summed E-state index contributed by atoms with van der Waals surface area (Å²) < 4.78 is 0. The van der Waals surface area contributed by atoms with Gasteiger partial charge in [0.1, 0.15) is 5.75 Å². The van der Waals surface area contributed by atoms with Gasteiger partial charge in [0, 0.05) is 11.1 Å². The van der Waals surface area contributed by atoms with Crippen LogP contribution < -0.4 is 4.90 Å². The molecule has 1 heterocycles. The van der Waals surface area contributed by atoms with Gasteiger partial charge in [0.05, 0.1) is 17.5 Å². The van der Waals surface area contributed by atoms with E-state index in [-0.39, 0.29) is 35.1 Å². The summed E-state index contributed by atoms with van der Waals surface area (Å²) in [5, 5.41) is 10.3. The molecule has 1 saturated heterocycles. The van der Waals surface area contributed by atoms with Crippen LogP contribution in [0.2, 0.25) is 5.02 Å². The Labute approximate surface area is 121 Å². The lowest BCUT2D eigenvalue weighted by Crippen LogP contribution is -2.32. The minimum atomic E-state index is -0.170. The molecule has 0 spiro atoms. The molecule has 3 aliphatic rings. The van der Waals surface area contributed by atoms with Crippen molar-refractivity contribution in [2.24, 2.45) is 23.7 Å². The van der Waals surface area contributed by atoms with Crippen LogP contribution in [0.3, 0.4) is 0 Å². The molecule has 5 heteroatoms. The molecule has 2 saturated carbocycles. The van der Waals surface area contributed by atoms with Gasteiger partial charge in [0.25, 0.3) is 0 Å². The Kier molecular flexibility index (Phi) is 2.43. The summed E-state index contributed by atoms with van der Waals surface area (Å²) in [5.74, 6) is -0.0596. The number of hydrogen-bond donors (Lipinski definition) is 1. The van der Waals surface area contributed by atoms with Crippen LogP contribution >= 0.6 is 11.6 Å². The number of anilines is 1. The van der Waals surface area contributed by atoms with Gasteiger partial charge in [-0.1, -0.05) is 11.6 Å². The minimum absolute atomic E-state index is 0.119. The van der Waals surface area contributed by atoms with Crippen molar-refractivity contribution in [3.8, 4) is 5.75 Å². The average Bonchev–Trinajstić information content (AvgIpc) is 3.06. The fourth-order valence-corrected chi connectivity index (χ4v) is 4.50. The summed E-state index contributed by atoms with van der Waals surface area (Å²) in [4.78, 5) is 26.3. The van der Waals surface area contributed by atoms with Crippen molar-refractivity contribution < 1.29 is 14.7 Å². The summed E-state index contributed by atoms with van der Waals surface area (Å²) in [5.41, 5.74) is 0.262. The van der Waals surface area contributed by atoms with Crippen molar-refractivity contribution in [1.29, 1.82) is 0 Å². The third kappa shape index (κ3) is 1.43. The molecule has 0 radical (unpaired) electrons. The number of amides is 2. The molecular formula is C15H14ClNO3. The number of halogens is 1. The highest BCUT2D eigenvalue weighted by Gasteiger charge is 2.61. The monoisotopic (exact) mass is 291 g/mol. The van der Waals surface area contributed by atoms with Crippen molar-refractivity contribution in [2.45, 2.75) is 19.3 Å². The number of aromatic hydroxyl groups is 1. The second kappa shape index (κ2) is 3.98. The molecule has 2 bridgehead atoms. The summed E-state index contributed by atoms with van der Waals surface area (Å²) in [6.07, 6.45) is 3.10. The molecule has 2 amide bonds. The minimum Gasteiger partial charge on any atom is -0.506 e. The fraction of sp³-hybridized carbons (Fsp3) is 0.467. The quantitative estimate of drug-likeness (QED) is 0.809. The van der Waals surface area contributed by atoms with E-state index in [0.717, 1.165) is 19.3 Å². The summed E-state index contributed by atoms with van der Waals surface area (Å²) in [6, 6.07) is 4.48. The Bertz CT molecular complexity index is 602. The largest absolute Gasteiger partial charge is 0.506 e. The van der Waals surface area contributed by atoms with E-state index in [1.54, 1.807) is 6.07 Å². The molecule has 4 atom stereocenters. The first kappa shape index (κ1) is 12.2. The summed E-state index contributed by atoms with van der Waals surface area (Å²) >= 11 is 5.80. The molecule has 104 valence electrons. The molecule has 1 aromatic carbocycles. The third-order valence-corrected chi connectivity index (χ3v) is 5.34. The molecule has 2 aliphatic carbocycles. The Hall–Kier alpha value is -1.55. The van der Waals surface area contributed by atoms with Gasteiger partial charge >= 0.3 is 0 Å². The molecule has 4 nitrogen and oxygen atoms in total. The number of carbonyl (C=O) groups is 2. The number of rotatable bonds is 1. The van der Waals surface area contributed by atoms with Crippen LogP contribution in [0.15, 0.2) is 18.2 Å². The summed E-state index contributed by atoms with van der Waals surface area (Å²) in [7, 11) is 0. The molecule has 3 fully saturated rings. The maximum Gasteiger partial charge on any atom is 0.238 e. The van der Waals surface area contributed by atoms with Crippen LogP contribution in [0.5, 0.6) is 5.75 Å². The lowest BCUT2D eigenvalue weighted by molar-refractivity contribution is -0.123. The SMILES string of the molecule is O=C1[C@@H]2[C@H]3CC[C@@H](C3)[C@H]2C(=O)N1c1ccc(Cl)cc1O. The molecule has 1 aliphatic heterocycles. The number of imide groups is 1. The van der Waals surface area contributed by atoms with Gasteiger partial charge < -0.3 is 5.11 Å². The zero-order valence-corrected chi connectivity index (χ0v) is 11.5. The molecule has 20 heavy (non-hydrogen) atoms. The molecule has 0 unspecified atom stereocenters. The van der Waals surface area contributed by atoms with E-state index in [1.165, 1.54) is 17.0 Å². The highest BCUT2D eigenvalue weighted by atomic mass is 35.5. The normalized spacial score (nSPS) is 35.0. The number of fused-ring (bicyclic) bond motifs is 5. The zero-order chi connectivity index (χ0) is 14.0. The van der Waals surface area contributed by atoms with Crippen LogP contribution in [0.25, 0.3) is 0 Å². The molecule has 1 N–H and O–H groups in total. The number of carbonyl (C=O) groups excluding carboxylic acids is 2. The van der Waals surface area contributed by atoms with E-state index < -0.39 is 0 Å². The van der Waals surface area contributed by atoms with Gasteiger partial charge in [-0.25, -0.2) is 4.90 Å². The van der Waals surface area contributed by atoms with Crippen molar-refractivity contribution >= 4 is 29.1 Å². The fourth-order valence-electron chi connectivity index (χ4n) is 4.33. The maximum atomic E-state index is 12.6. The lowest BCUT2D eigenvalue weighted by atomic mass is 9.81. The molecule has 1 aromatic rings. The first-order valence-electron chi connectivity index (χ1n) is 6.94. The Balaban J connectivity index is 1.77. The first-order valence-corrected chi connectivity index (χ1v) is 7.32. The average molecular weight is 292 g/mol. The van der Waals surface area contributed by atoms with Crippen LogP contribution in [-0.4, -0.2) is 16.9 Å². The first-order chi connectivity index (χ1) is 9.58. The molecule has 4 rings (SSSR count). The highest BCUT2D eigenvalue weighted by molar-refractivity contribution is 6.31. The lowest BCUT2D eigenvalue weighted by Gasteiger charge is -2.19. The van der Waals surface area contributed by atoms with Crippen LogP contribution in [0, 0.1) is 23.7 Å². The molecular weight excluding hydrogens is 278 g/mol. The number of nitrogens with zero attached hydrogens (tertiary/aromatic N) is 1. The number of benzene rings is 1. The van der Waals surface area contributed by atoms with Crippen molar-refractivity contribution in [1.82, 2.24) is 0 Å². The predicted molar refractivity (Wildman–Crippen MR) is 73.4 cm³/mol. The van der Waals surface area contributed by atoms with E-state index in [1.807, 2.05) is 0 Å². The number of phenols is 1. The molecule has 0 aromatic heterocycles. The van der Waals surface area contributed by atoms with Crippen LogP contribution in [0.1, 0.15) is 19.3 Å². The maximum absolute atomic E-state index is 12.6. The Morgan fingerprint density at radius 1 is 1.10 bits per heavy atom. The van der Waals surface area contributed by atoms with Gasteiger partial charge in [-0.15, -0.1) is 0 Å². The second-order valence-electron chi connectivity index (χ2n) is 6.03. The summed E-state index contributed by atoms with van der Waals surface area (Å²) in [6.45, 7) is 0.